The van der Waals surface area contributed by atoms with Crippen LogP contribution < -0.4 is 0 Å². The molecule has 0 amide bonds. The number of benzene rings is 1. The third-order valence-electron chi connectivity index (χ3n) is 4.65. The van der Waals surface area contributed by atoms with Crippen molar-refractivity contribution in [2.45, 2.75) is 18.8 Å². The lowest BCUT2D eigenvalue weighted by molar-refractivity contribution is 0.371. The summed E-state index contributed by atoms with van der Waals surface area (Å²) in [5.74, 6) is 2.53. The Kier molecular flexibility index (Phi) is 2.94. The van der Waals surface area contributed by atoms with Crippen LogP contribution in [0.2, 0.25) is 0 Å². The fourth-order valence-electron chi connectivity index (χ4n) is 3.83. The van der Waals surface area contributed by atoms with Crippen LogP contribution in [0.25, 0.3) is 10.2 Å². The average Bonchev–Trinajstić information content (AvgIpc) is 2.99. The average molecular weight is 337 g/mol. The zero-order valence-corrected chi connectivity index (χ0v) is 13.4. The number of likely N-dealkylation sites (tertiary alicyclic amines) is 1. The molecule has 0 bridgehead atoms. The molecule has 0 spiro atoms. The molecule has 1 aliphatic heterocycles. The molecule has 1 aromatic carbocycles. The summed E-state index contributed by atoms with van der Waals surface area (Å²) in [6, 6.07) is 6.44. The van der Waals surface area contributed by atoms with E-state index in [-0.39, 0.29) is 0 Å². The highest BCUT2D eigenvalue weighted by Gasteiger charge is 2.41. The van der Waals surface area contributed by atoms with Gasteiger partial charge in [0.2, 0.25) is 0 Å². The van der Waals surface area contributed by atoms with E-state index >= 15 is 0 Å². The van der Waals surface area contributed by atoms with E-state index in [0.717, 1.165) is 21.8 Å². The van der Waals surface area contributed by atoms with Crippen LogP contribution in [0.4, 0.5) is 0 Å². The molecule has 2 atom stereocenters. The van der Waals surface area contributed by atoms with Crippen molar-refractivity contribution in [3.8, 4) is 0 Å². The second kappa shape index (κ2) is 4.54. The molecule has 1 aromatic heterocycles. The lowest BCUT2D eigenvalue weighted by Crippen LogP contribution is -2.16. The normalized spacial score (nSPS) is 31.2. The van der Waals surface area contributed by atoms with Crippen molar-refractivity contribution < 1.29 is 0 Å². The van der Waals surface area contributed by atoms with Crippen molar-refractivity contribution in [1.82, 2.24) is 9.88 Å². The van der Waals surface area contributed by atoms with Crippen molar-refractivity contribution in [2.24, 2.45) is 11.8 Å². The Morgan fingerprint density at radius 3 is 2.74 bits per heavy atom. The fraction of sp³-hybridized carbons (Fsp3) is 0.533. The summed E-state index contributed by atoms with van der Waals surface area (Å²) >= 11 is 5.43. The Morgan fingerprint density at radius 2 is 2.00 bits per heavy atom. The summed E-state index contributed by atoms with van der Waals surface area (Å²) in [4.78, 5) is 7.36. The van der Waals surface area contributed by atoms with E-state index in [1.54, 1.807) is 0 Å². The van der Waals surface area contributed by atoms with Gasteiger partial charge in [-0.25, -0.2) is 4.98 Å². The predicted octanol–water partition coefficient (Wildman–Crippen LogP) is 4.11. The number of hydrogen-bond acceptors (Lipinski definition) is 3. The van der Waals surface area contributed by atoms with Gasteiger partial charge in [-0.2, -0.15) is 0 Å². The minimum atomic E-state index is 0.708. The summed E-state index contributed by atoms with van der Waals surface area (Å²) in [5, 5.41) is 1.37. The highest BCUT2D eigenvalue weighted by Crippen LogP contribution is 2.47. The van der Waals surface area contributed by atoms with Crippen molar-refractivity contribution >= 4 is 37.5 Å². The Morgan fingerprint density at radius 1 is 1.26 bits per heavy atom. The molecular weight excluding hydrogens is 320 g/mol. The molecule has 2 fully saturated rings. The zero-order chi connectivity index (χ0) is 13.0. The molecule has 4 rings (SSSR count). The van der Waals surface area contributed by atoms with Crippen LogP contribution in [0.1, 0.15) is 23.8 Å². The van der Waals surface area contributed by atoms with Crippen LogP contribution in [0.15, 0.2) is 22.7 Å². The van der Waals surface area contributed by atoms with Crippen molar-refractivity contribution in [3.05, 3.63) is 27.7 Å². The molecule has 4 heteroatoms. The number of halogens is 1. The van der Waals surface area contributed by atoms with Crippen molar-refractivity contribution in [2.75, 3.05) is 20.1 Å². The molecule has 2 aromatic rings. The van der Waals surface area contributed by atoms with Crippen LogP contribution in [-0.4, -0.2) is 30.0 Å². The lowest BCUT2D eigenvalue weighted by Gasteiger charge is -2.12. The van der Waals surface area contributed by atoms with E-state index in [4.69, 9.17) is 4.98 Å². The van der Waals surface area contributed by atoms with Gasteiger partial charge < -0.3 is 4.90 Å². The van der Waals surface area contributed by atoms with E-state index in [1.165, 1.54) is 35.6 Å². The van der Waals surface area contributed by atoms with E-state index in [0.29, 0.717) is 5.92 Å². The van der Waals surface area contributed by atoms with E-state index in [1.807, 2.05) is 11.3 Å². The molecule has 1 aliphatic carbocycles. The fourth-order valence-corrected chi connectivity index (χ4v) is 5.25. The van der Waals surface area contributed by atoms with Gasteiger partial charge in [0.25, 0.3) is 0 Å². The van der Waals surface area contributed by atoms with Gasteiger partial charge in [-0.15, -0.1) is 11.3 Å². The van der Waals surface area contributed by atoms with Crippen LogP contribution in [0, 0.1) is 11.8 Å². The molecule has 1 saturated carbocycles. The van der Waals surface area contributed by atoms with Gasteiger partial charge >= 0.3 is 0 Å². The molecule has 0 N–H and O–H groups in total. The van der Waals surface area contributed by atoms with E-state index in [9.17, 15) is 0 Å². The maximum Gasteiger partial charge on any atom is 0.0969 e. The third-order valence-corrected chi connectivity index (χ3v) is 6.34. The number of thiazole rings is 1. The first-order chi connectivity index (χ1) is 9.19. The van der Waals surface area contributed by atoms with Crippen molar-refractivity contribution in [3.63, 3.8) is 0 Å². The molecule has 100 valence electrons. The number of fused-ring (bicyclic) bond motifs is 2. The molecule has 19 heavy (non-hydrogen) atoms. The van der Waals surface area contributed by atoms with Gasteiger partial charge in [-0.1, -0.05) is 15.9 Å². The number of aromatic nitrogens is 1. The molecule has 0 radical (unpaired) electrons. The Hall–Kier alpha value is -0.450. The summed E-state index contributed by atoms with van der Waals surface area (Å²) in [6.45, 7) is 2.58. The van der Waals surface area contributed by atoms with E-state index < -0.39 is 0 Å². The molecule has 2 heterocycles. The molecule has 1 saturated heterocycles. The van der Waals surface area contributed by atoms with Crippen LogP contribution in [-0.2, 0) is 0 Å². The number of hydrogen-bond donors (Lipinski definition) is 0. The van der Waals surface area contributed by atoms with Gasteiger partial charge in [0.05, 0.1) is 15.2 Å². The van der Waals surface area contributed by atoms with Gasteiger partial charge in [0, 0.05) is 23.5 Å². The second-order valence-electron chi connectivity index (χ2n) is 6.07. The number of nitrogens with zero attached hydrogens (tertiary/aromatic N) is 2. The summed E-state index contributed by atoms with van der Waals surface area (Å²) in [7, 11) is 2.25. The van der Waals surface area contributed by atoms with Crippen LogP contribution >= 0.6 is 27.3 Å². The monoisotopic (exact) mass is 336 g/mol. The molecular formula is C15H17BrN2S. The third kappa shape index (κ3) is 2.14. The van der Waals surface area contributed by atoms with Crippen LogP contribution in [0.3, 0.4) is 0 Å². The van der Waals surface area contributed by atoms with Gasteiger partial charge in [0.1, 0.15) is 0 Å². The predicted molar refractivity (Wildman–Crippen MR) is 83.8 cm³/mol. The largest absolute Gasteiger partial charge is 0.306 e. The Labute approximate surface area is 126 Å². The van der Waals surface area contributed by atoms with Gasteiger partial charge in [-0.05, 0) is 49.9 Å². The number of rotatable bonds is 1. The topological polar surface area (TPSA) is 16.1 Å². The quantitative estimate of drug-likeness (QED) is 0.778. The summed E-state index contributed by atoms with van der Waals surface area (Å²) in [6.07, 6.45) is 2.69. The zero-order valence-electron chi connectivity index (χ0n) is 11.0. The molecule has 2 aliphatic rings. The second-order valence-corrected chi connectivity index (χ2v) is 8.05. The first kappa shape index (κ1) is 12.3. The smallest absolute Gasteiger partial charge is 0.0969 e. The first-order valence-corrected chi connectivity index (χ1v) is 8.54. The highest BCUT2D eigenvalue weighted by atomic mass is 79.9. The SMILES string of the molecule is CN1CC2CC(c3nc4cc(Br)ccc4s3)CC2C1. The standard InChI is InChI=1S/C15H17BrN2S/c1-18-7-10-4-9(5-11(10)8-18)15-17-13-6-12(16)2-3-14(13)19-15/h2-3,6,9-11H,4-5,7-8H2,1H3. The summed E-state index contributed by atoms with van der Waals surface area (Å²) in [5.41, 5.74) is 1.16. The van der Waals surface area contributed by atoms with Crippen LogP contribution in [0.5, 0.6) is 0 Å². The Balaban J connectivity index is 1.62. The Bertz CT molecular complexity index is 610. The highest BCUT2D eigenvalue weighted by molar-refractivity contribution is 9.10. The maximum absolute atomic E-state index is 4.88. The molecule has 2 nitrogen and oxygen atoms in total. The van der Waals surface area contributed by atoms with Crippen molar-refractivity contribution in [1.29, 1.82) is 0 Å². The molecule has 2 unspecified atom stereocenters. The first-order valence-electron chi connectivity index (χ1n) is 6.93. The van der Waals surface area contributed by atoms with Gasteiger partial charge in [-0.3, -0.25) is 0 Å². The van der Waals surface area contributed by atoms with Gasteiger partial charge in [0.15, 0.2) is 0 Å². The maximum atomic E-state index is 4.88. The minimum Gasteiger partial charge on any atom is -0.306 e. The minimum absolute atomic E-state index is 0.708. The lowest BCUT2D eigenvalue weighted by atomic mass is 10.0. The summed E-state index contributed by atoms with van der Waals surface area (Å²) < 4.78 is 2.45. The van der Waals surface area contributed by atoms with E-state index in [2.05, 4.69) is 46.1 Å².